The van der Waals surface area contributed by atoms with E-state index in [1.807, 2.05) is 6.92 Å². The van der Waals surface area contributed by atoms with Gasteiger partial charge in [0, 0.05) is 12.5 Å². The zero-order valence-electron chi connectivity index (χ0n) is 11.4. The molecule has 18 heavy (non-hydrogen) atoms. The molecule has 0 N–H and O–H groups in total. The summed E-state index contributed by atoms with van der Waals surface area (Å²) in [7, 11) is 1.57. The number of esters is 1. The summed E-state index contributed by atoms with van der Waals surface area (Å²) in [5, 5.41) is 0. The Balaban J connectivity index is 3.07. The molecule has 0 saturated heterocycles. The normalized spacial score (nSPS) is 10.9. The molecule has 4 nitrogen and oxygen atoms in total. The molecular weight excluding hydrogens is 232 g/mol. The number of hydrogen-bond donors (Lipinski definition) is 0. The Morgan fingerprint density at radius 3 is 2.28 bits per heavy atom. The van der Waals surface area contributed by atoms with Gasteiger partial charge < -0.3 is 9.47 Å². The lowest BCUT2D eigenvalue weighted by atomic mass is 9.93. The first-order chi connectivity index (χ1) is 8.27. The van der Waals surface area contributed by atoms with Gasteiger partial charge in [-0.1, -0.05) is 0 Å². The third-order valence-corrected chi connectivity index (χ3v) is 2.62. The Kier molecular flexibility index (Phi) is 4.11. The molecule has 1 aromatic carbocycles. The number of methoxy groups -OCH3 is 1. The molecule has 0 radical (unpaired) electrons. The molecule has 4 heteroatoms. The van der Waals surface area contributed by atoms with Gasteiger partial charge in [-0.25, -0.2) is 0 Å². The molecule has 0 aliphatic rings. The fourth-order valence-electron chi connectivity index (χ4n) is 1.75. The maximum Gasteiger partial charge on any atom is 0.303 e. The van der Waals surface area contributed by atoms with Crippen molar-refractivity contribution in [3.63, 3.8) is 0 Å². The first-order valence-corrected chi connectivity index (χ1v) is 5.67. The van der Waals surface area contributed by atoms with E-state index in [0.717, 1.165) is 5.56 Å². The fraction of sp³-hybridized carbons (Fsp3) is 0.429. The predicted molar refractivity (Wildman–Crippen MR) is 67.9 cm³/mol. The molecule has 0 saturated carbocycles. The summed E-state index contributed by atoms with van der Waals surface area (Å²) in [6.07, 6.45) is 0. The maximum absolute atomic E-state index is 12.3. The van der Waals surface area contributed by atoms with Crippen molar-refractivity contribution in [2.45, 2.75) is 33.3 Å². The quantitative estimate of drug-likeness (QED) is 0.608. The molecule has 0 bridgehead atoms. The van der Waals surface area contributed by atoms with Gasteiger partial charge in [-0.2, -0.15) is 0 Å². The third kappa shape index (κ3) is 3.09. The van der Waals surface area contributed by atoms with Gasteiger partial charge in [0.25, 0.3) is 0 Å². The molecule has 0 fully saturated rings. The van der Waals surface area contributed by atoms with E-state index in [2.05, 4.69) is 0 Å². The van der Waals surface area contributed by atoms with E-state index < -0.39 is 11.6 Å². The predicted octanol–water partition coefficient (Wildman–Crippen LogP) is 2.53. The Bertz CT molecular complexity index is 475. The van der Waals surface area contributed by atoms with Crippen molar-refractivity contribution < 1.29 is 19.1 Å². The van der Waals surface area contributed by atoms with Crippen molar-refractivity contribution >= 4 is 11.8 Å². The smallest absolute Gasteiger partial charge is 0.303 e. The molecule has 0 aliphatic carbocycles. The lowest BCUT2D eigenvalue weighted by Crippen LogP contribution is -2.37. The Hall–Kier alpha value is -1.84. The third-order valence-electron chi connectivity index (χ3n) is 2.62. The van der Waals surface area contributed by atoms with Crippen molar-refractivity contribution in [1.82, 2.24) is 0 Å². The van der Waals surface area contributed by atoms with E-state index in [4.69, 9.17) is 9.47 Å². The van der Waals surface area contributed by atoms with E-state index in [0.29, 0.717) is 11.3 Å². The van der Waals surface area contributed by atoms with Crippen molar-refractivity contribution in [3.8, 4) is 5.75 Å². The number of hydrogen-bond acceptors (Lipinski definition) is 4. The molecule has 0 amide bonds. The molecule has 98 valence electrons. The standard InChI is InChI=1S/C14H18O4/c1-9-8-11(17-5)6-7-12(9)13(16)14(3,4)18-10(2)15/h6-8H,1-5H3. The molecular formula is C14H18O4. The van der Waals surface area contributed by atoms with Crippen LogP contribution >= 0.6 is 0 Å². The van der Waals surface area contributed by atoms with E-state index in [-0.39, 0.29) is 5.78 Å². The van der Waals surface area contributed by atoms with E-state index in [9.17, 15) is 9.59 Å². The Morgan fingerprint density at radius 2 is 1.83 bits per heavy atom. The molecule has 0 spiro atoms. The van der Waals surface area contributed by atoms with Crippen LogP contribution in [-0.2, 0) is 9.53 Å². The van der Waals surface area contributed by atoms with E-state index >= 15 is 0 Å². The number of carbonyl (C=O) groups excluding carboxylic acids is 2. The molecule has 1 aromatic rings. The van der Waals surface area contributed by atoms with Crippen LogP contribution in [0.2, 0.25) is 0 Å². The summed E-state index contributed by atoms with van der Waals surface area (Å²) < 4.78 is 10.1. The molecule has 0 aliphatic heterocycles. The van der Waals surface area contributed by atoms with Crippen LogP contribution in [0.5, 0.6) is 5.75 Å². The minimum absolute atomic E-state index is 0.224. The monoisotopic (exact) mass is 250 g/mol. The fourth-order valence-corrected chi connectivity index (χ4v) is 1.75. The molecule has 1 rings (SSSR count). The highest BCUT2D eigenvalue weighted by Crippen LogP contribution is 2.23. The van der Waals surface area contributed by atoms with Crippen LogP contribution in [0.3, 0.4) is 0 Å². The van der Waals surface area contributed by atoms with Crippen molar-refractivity contribution in [2.24, 2.45) is 0 Å². The van der Waals surface area contributed by atoms with Crippen molar-refractivity contribution in [3.05, 3.63) is 29.3 Å². The minimum atomic E-state index is -1.16. The van der Waals surface area contributed by atoms with Crippen LogP contribution in [0.15, 0.2) is 18.2 Å². The van der Waals surface area contributed by atoms with Crippen LogP contribution in [0.1, 0.15) is 36.7 Å². The SMILES string of the molecule is COc1ccc(C(=O)C(C)(C)OC(C)=O)c(C)c1. The average Bonchev–Trinajstić information content (AvgIpc) is 2.26. The Labute approximate surface area is 107 Å². The van der Waals surface area contributed by atoms with Crippen molar-refractivity contribution in [1.29, 1.82) is 0 Å². The number of ketones is 1. The van der Waals surface area contributed by atoms with Crippen LogP contribution in [-0.4, -0.2) is 24.5 Å². The van der Waals surface area contributed by atoms with Crippen LogP contribution < -0.4 is 4.74 Å². The van der Waals surface area contributed by atoms with Gasteiger partial charge in [0.2, 0.25) is 5.78 Å². The number of Topliss-reactive ketones (excluding diaryl/α,β-unsaturated/α-hetero) is 1. The van der Waals surface area contributed by atoms with Gasteiger partial charge in [-0.05, 0) is 44.5 Å². The second-order valence-corrected chi connectivity index (χ2v) is 4.61. The molecule has 0 unspecified atom stereocenters. The Morgan fingerprint density at radius 1 is 1.22 bits per heavy atom. The number of ether oxygens (including phenoxy) is 2. The zero-order valence-corrected chi connectivity index (χ0v) is 11.4. The maximum atomic E-state index is 12.3. The summed E-state index contributed by atoms with van der Waals surface area (Å²) in [5.74, 6) is -0.00768. The first kappa shape index (κ1) is 14.2. The topological polar surface area (TPSA) is 52.6 Å². The van der Waals surface area contributed by atoms with Crippen LogP contribution in [0, 0.1) is 6.92 Å². The number of rotatable bonds is 4. The summed E-state index contributed by atoms with van der Waals surface area (Å²) in [6.45, 7) is 6.27. The number of carbonyl (C=O) groups is 2. The summed E-state index contributed by atoms with van der Waals surface area (Å²) in [4.78, 5) is 23.3. The summed E-state index contributed by atoms with van der Waals surface area (Å²) in [5.41, 5.74) is 0.159. The molecule has 0 atom stereocenters. The molecule has 0 aromatic heterocycles. The average molecular weight is 250 g/mol. The van der Waals surface area contributed by atoms with Gasteiger partial charge in [-0.15, -0.1) is 0 Å². The van der Waals surface area contributed by atoms with Gasteiger partial charge in [-0.3, -0.25) is 9.59 Å². The van der Waals surface area contributed by atoms with E-state index in [1.165, 1.54) is 6.92 Å². The second-order valence-electron chi connectivity index (χ2n) is 4.61. The van der Waals surface area contributed by atoms with Crippen LogP contribution in [0.25, 0.3) is 0 Å². The lowest BCUT2D eigenvalue weighted by molar-refractivity contribution is -0.149. The zero-order chi connectivity index (χ0) is 13.9. The minimum Gasteiger partial charge on any atom is -0.497 e. The number of benzene rings is 1. The molecule has 0 heterocycles. The lowest BCUT2D eigenvalue weighted by Gasteiger charge is -2.23. The largest absolute Gasteiger partial charge is 0.497 e. The second kappa shape index (κ2) is 5.21. The van der Waals surface area contributed by atoms with Gasteiger partial charge in [0.05, 0.1) is 7.11 Å². The number of aryl methyl sites for hydroxylation is 1. The highest BCUT2D eigenvalue weighted by atomic mass is 16.6. The van der Waals surface area contributed by atoms with E-state index in [1.54, 1.807) is 39.2 Å². The van der Waals surface area contributed by atoms with Crippen LogP contribution in [0.4, 0.5) is 0 Å². The first-order valence-electron chi connectivity index (χ1n) is 5.67. The highest BCUT2D eigenvalue weighted by molar-refractivity contribution is 6.04. The summed E-state index contributed by atoms with van der Waals surface area (Å²) >= 11 is 0. The van der Waals surface area contributed by atoms with Crippen molar-refractivity contribution in [2.75, 3.05) is 7.11 Å². The summed E-state index contributed by atoms with van der Waals surface area (Å²) in [6, 6.07) is 5.17. The van der Waals surface area contributed by atoms with Gasteiger partial charge in [0.1, 0.15) is 5.75 Å². The van der Waals surface area contributed by atoms with Gasteiger partial charge >= 0.3 is 5.97 Å². The van der Waals surface area contributed by atoms with Gasteiger partial charge in [0.15, 0.2) is 5.60 Å². The highest BCUT2D eigenvalue weighted by Gasteiger charge is 2.32.